The Morgan fingerprint density at radius 1 is 1.09 bits per heavy atom. The molecule has 0 saturated carbocycles. The smallest absolute Gasteiger partial charge is 0.274 e. The standard InChI is InChI=1S/C18H22N4O/c1-18(2,3)19-16-9-8-15(20-21-16)17(23)22-11-10-13-6-4-5-7-14(13)12-22/h4-9H,10-12H2,1-3H3,(H,19,21). The Labute approximate surface area is 136 Å². The van der Waals surface area contributed by atoms with Gasteiger partial charge in [-0.15, -0.1) is 10.2 Å². The molecule has 0 radical (unpaired) electrons. The molecule has 120 valence electrons. The van der Waals surface area contributed by atoms with Crippen molar-refractivity contribution in [2.75, 3.05) is 11.9 Å². The molecular formula is C18H22N4O. The van der Waals surface area contributed by atoms with Crippen molar-refractivity contribution in [3.05, 3.63) is 53.2 Å². The Balaban J connectivity index is 1.72. The van der Waals surface area contributed by atoms with Gasteiger partial charge in [0.05, 0.1) is 0 Å². The number of hydrogen-bond acceptors (Lipinski definition) is 4. The third kappa shape index (κ3) is 3.67. The number of aromatic nitrogens is 2. The summed E-state index contributed by atoms with van der Waals surface area (Å²) < 4.78 is 0. The van der Waals surface area contributed by atoms with Crippen LogP contribution in [0.1, 0.15) is 42.4 Å². The van der Waals surface area contributed by atoms with Gasteiger partial charge in [0.1, 0.15) is 5.82 Å². The summed E-state index contributed by atoms with van der Waals surface area (Å²) in [6.07, 6.45) is 0.888. The number of rotatable bonds is 2. The highest BCUT2D eigenvalue weighted by Gasteiger charge is 2.22. The molecule has 1 aromatic carbocycles. The van der Waals surface area contributed by atoms with Crippen LogP contribution in [0, 0.1) is 0 Å². The van der Waals surface area contributed by atoms with Crippen LogP contribution >= 0.6 is 0 Å². The first-order valence-electron chi connectivity index (χ1n) is 7.90. The maximum atomic E-state index is 12.6. The molecule has 2 heterocycles. The molecule has 1 aromatic heterocycles. The van der Waals surface area contributed by atoms with Gasteiger partial charge < -0.3 is 10.2 Å². The number of nitrogens with one attached hydrogen (secondary N) is 1. The van der Waals surface area contributed by atoms with E-state index in [0.717, 1.165) is 13.0 Å². The fourth-order valence-corrected chi connectivity index (χ4v) is 2.73. The summed E-state index contributed by atoms with van der Waals surface area (Å²) in [5, 5.41) is 11.4. The van der Waals surface area contributed by atoms with E-state index in [-0.39, 0.29) is 11.4 Å². The van der Waals surface area contributed by atoms with E-state index >= 15 is 0 Å². The maximum Gasteiger partial charge on any atom is 0.274 e. The quantitative estimate of drug-likeness (QED) is 0.926. The van der Waals surface area contributed by atoms with Gasteiger partial charge in [-0.2, -0.15) is 0 Å². The van der Waals surface area contributed by atoms with Crippen molar-refractivity contribution in [3.8, 4) is 0 Å². The first-order chi connectivity index (χ1) is 10.9. The molecule has 5 heteroatoms. The van der Waals surface area contributed by atoms with Crippen LogP contribution in [0.2, 0.25) is 0 Å². The molecule has 1 aliphatic heterocycles. The number of hydrogen-bond donors (Lipinski definition) is 1. The van der Waals surface area contributed by atoms with Gasteiger partial charge in [0.2, 0.25) is 0 Å². The second-order valence-electron chi connectivity index (χ2n) is 6.92. The molecule has 0 unspecified atom stereocenters. The summed E-state index contributed by atoms with van der Waals surface area (Å²) >= 11 is 0. The Kier molecular flexibility index (Phi) is 4.03. The lowest BCUT2D eigenvalue weighted by molar-refractivity contribution is 0.0727. The molecule has 2 aromatic rings. The van der Waals surface area contributed by atoms with Crippen LogP contribution in [0.5, 0.6) is 0 Å². The van der Waals surface area contributed by atoms with E-state index in [9.17, 15) is 4.79 Å². The van der Waals surface area contributed by atoms with Crippen LogP contribution < -0.4 is 5.32 Å². The lowest BCUT2D eigenvalue weighted by Crippen LogP contribution is -2.36. The second-order valence-corrected chi connectivity index (χ2v) is 6.92. The number of carbonyl (C=O) groups excluding carboxylic acids is 1. The van der Waals surface area contributed by atoms with Crippen molar-refractivity contribution in [1.29, 1.82) is 0 Å². The van der Waals surface area contributed by atoms with Gasteiger partial charge in [-0.1, -0.05) is 24.3 Å². The zero-order chi connectivity index (χ0) is 16.4. The number of nitrogens with zero attached hydrogens (tertiary/aromatic N) is 3. The van der Waals surface area contributed by atoms with E-state index in [2.05, 4.69) is 48.4 Å². The van der Waals surface area contributed by atoms with Gasteiger partial charge >= 0.3 is 0 Å². The Bertz CT molecular complexity index is 704. The van der Waals surface area contributed by atoms with E-state index in [4.69, 9.17) is 0 Å². The van der Waals surface area contributed by atoms with E-state index in [0.29, 0.717) is 18.1 Å². The summed E-state index contributed by atoms with van der Waals surface area (Å²) in [4.78, 5) is 14.4. The first-order valence-corrected chi connectivity index (χ1v) is 7.90. The highest BCUT2D eigenvalue weighted by atomic mass is 16.2. The Morgan fingerprint density at radius 2 is 1.83 bits per heavy atom. The molecular weight excluding hydrogens is 288 g/mol. The molecule has 1 N–H and O–H groups in total. The molecule has 0 fully saturated rings. The molecule has 0 atom stereocenters. The molecule has 1 aliphatic rings. The van der Waals surface area contributed by atoms with Crippen molar-refractivity contribution in [2.24, 2.45) is 0 Å². The molecule has 0 saturated heterocycles. The van der Waals surface area contributed by atoms with Crippen LogP contribution in [0.15, 0.2) is 36.4 Å². The highest BCUT2D eigenvalue weighted by Crippen LogP contribution is 2.20. The van der Waals surface area contributed by atoms with Crippen LogP contribution in [0.4, 0.5) is 5.82 Å². The minimum atomic E-state index is -0.0865. The van der Waals surface area contributed by atoms with Gasteiger partial charge in [-0.05, 0) is 50.5 Å². The maximum absolute atomic E-state index is 12.6. The van der Waals surface area contributed by atoms with Crippen LogP contribution in [0.3, 0.4) is 0 Å². The zero-order valence-corrected chi connectivity index (χ0v) is 13.8. The normalized spacial score (nSPS) is 14.3. The fourth-order valence-electron chi connectivity index (χ4n) is 2.73. The van der Waals surface area contributed by atoms with Crippen LogP contribution in [-0.4, -0.2) is 33.1 Å². The molecule has 1 amide bonds. The topological polar surface area (TPSA) is 58.1 Å². The molecule has 0 spiro atoms. The number of fused-ring (bicyclic) bond motifs is 1. The van der Waals surface area contributed by atoms with E-state index in [1.54, 1.807) is 6.07 Å². The Hall–Kier alpha value is -2.43. The van der Waals surface area contributed by atoms with E-state index < -0.39 is 0 Å². The van der Waals surface area contributed by atoms with E-state index in [1.165, 1.54) is 11.1 Å². The number of amides is 1. The van der Waals surface area contributed by atoms with Crippen molar-refractivity contribution in [1.82, 2.24) is 15.1 Å². The third-order valence-corrected chi connectivity index (χ3v) is 3.80. The Morgan fingerprint density at radius 3 is 2.48 bits per heavy atom. The monoisotopic (exact) mass is 310 g/mol. The van der Waals surface area contributed by atoms with Gasteiger partial charge in [-0.25, -0.2) is 0 Å². The lowest BCUT2D eigenvalue weighted by Gasteiger charge is -2.28. The largest absolute Gasteiger partial charge is 0.364 e. The van der Waals surface area contributed by atoms with Crippen molar-refractivity contribution in [3.63, 3.8) is 0 Å². The molecule has 23 heavy (non-hydrogen) atoms. The number of anilines is 1. The first kappa shape index (κ1) is 15.5. The minimum absolute atomic E-state index is 0.0608. The third-order valence-electron chi connectivity index (χ3n) is 3.80. The summed E-state index contributed by atoms with van der Waals surface area (Å²) in [5.41, 5.74) is 2.85. The lowest BCUT2D eigenvalue weighted by atomic mass is 10.00. The second kappa shape index (κ2) is 5.99. The molecule has 0 aliphatic carbocycles. The van der Waals surface area contributed by atoms with Crippen molar-refractivity contribution < 1.29 is 4.79 Å². The average molecular weight is 310 g/mol. The summed E-state index contributed by atoms with van der Waals surface area (Å²) in [7, 11) is 0. The van der Waals surface area contributed by atoms with Gasteiger partial charge in [-0.3, -0.25) is 4.79 Å². The molecule has 0 bridgehead atoms. The predicted molar refractivity (Wildman–Crippen MR) is 90.3 cm³/mol. The van der Waals surface area contributed by atoms with Crippen LogP contribution in [0.25, 0.3) is 0 Å². The number of carbonyl (C=O) groups is 1. The van der Waals surface area contributed by atoms with Gasteiger partial charge in [0, 0.05) is 18.6 Å². The highest BCUT2D eigenvalue weighted by molar-refractivity contribution is 5.92. The average Bonchev–Trinajstić information content (AvgIpc) is 2.53. The molecule has 3 rings (SSSR count). The fraction of sp³-hybridized carbons (Fsp3) is 0.389. The van der Waals surface area contributed by atoms with Crippen molar-refractivity contribution in [2.45, 2.75) is 39.3 Å². The summed E-state index contributed by atoms with van der Waals surface area (Å²) in [6.45, 7) is 7.52. The van der Waals surface area contributed by atoms with E-state index in [1.807, 2.05) is 23.1 Å². The minimum Gasteiger partial charge on any atom is -0.364 e. The molecule has 5 nitrogen and oxygen atoms in total. The zero-order valence-electron chi connectivity index (χ0n) is 13.8. The predicted octanol–water partition coefficient (Wildman–Crippen LogP) is 2.89. The van der Waals surface area contributed by atoms with Gasteiger partial charge in [0.25, 0.3) is 5.91 Å². The van der Waals surface area contributed by atoms with Crippen LogP contribution in [-0.2, 0) is 13.0 Å². The van der Waals surface area contributed by atoms with Crippen molar-refractivity contribution >= 4 is 11.7 Å². The SMILES string of the molecule is CC(C)(C)Nc1ccc(C(=O)N2CCc3ccccc3C2)nn1. The van der Waals surface area contributed by atoms with Gasteiger partial charge in [0.15, 0.2) is 5.69 Å². The summed E-state index contributed by atoms with van der Waals surface area (Å²) in [6, 6.07) is 11.8. The summed E-state index contributed by atoms with van der Waals surface area (Å²) in [5.74, 6) is 0.618. The number of benzene rings is 1.